The third kappa shape index (κ3) is 3.28. The summed E-state index contributed by atoms with van der Waals surface area (Å²) < 4.78 is 0. The molecule has 5 N–H and O–H groups in total. The topological polar surface area (TPSA) is 119 Å². The summed E-state index contributed by atoms with van der Waals surface area (Å²) in [6.45, 7) is 0. The summed E-state index contributed by atoms with van der Waals surface area (Å²) in [5.74, 6) is 0. The standard InChI is InChI=1S/C8H14N2O5/c11-5-3-1-2-4(9-7(12)13)6(5)10-8(14)15/h4-6,9-11H,1-3H2,(H,12,13)(H,14,15)/t4-,5+,6-/m0/s1. The number of hydrogen-bond acceptors (Lipinski definition) is 3. The molecular formula is C8H14N2O5. The van der Waals surface area contributed by atoms with Crippen LogP contribution in [0.3, 0.4) is 0 Å². The van der Waals surface area contributed by atoms with Crippen LogP contribution < -0.4 is 10.6 Å². The van der Waals surface area contributed by atoms with Crippen LogP contribution in [-0.2, 0) is 0 Å². The van der Waals surface area contributed by atoms with Crippen LogP contribution in [-0.4, -0.2) is 45.7 Å². The first-order valence-electron chi connectivity index (χ1n) is 4.67. The van der Waals surface area contributed by atoms with Crippen LogP contribution in [0.4, 0.5) is 9.59 Å². The van der Waals surface area contributed by atoms with Gasteiger partial charge in [-0.25, -0.2) is 9.59 Å². The van der Waals surface area contributed by atoms with Crippen molar-refractivity contribution in [3.8, 4) is 0 Å². The second-order valence-corrected chi connectivity index (χ2v) is 3.53. The summed E-state index contributed by atoms with van der Waals surface area (Å²) in [6.07, 6.45) is -1.66. The third-order valence-electron chi connectivity index (χ3n) is 2.46. The largest absolute Gasteiger partial charge is 0.465 e. The number of aliphatic hydroxyl groups excluding tert-OH is 1. The normalized spacial score (nSPS) is 30.6. The molecule has 2 amide bonds. The summed E-state index contributed by atoms with van der Waals surface area (Å²) in [5.41, 5.74) is 0. The van der Waals surface area contributed by atoms with Crippen LogP contribution in [0.25, 0.3) is 0 Å². The fraction of sp³-hybridized carbons (Fsp3) is 0.750. The average molecular weight is 218 g/mol. The van der Waals surface area contributed by atoms with Crippen molar-refractivity contribution in [3.63, 3.8) is 0 Å². The summed E-state index contributed by atoms with van der Waals surface area (Å²) in [5, 5.41) is 30.9. The molecule has 86 valence electrons. The van der Waals surface area contributed by atoms with Crippen LogP contribution in [0.2, 0.25) is 0 Å². The zero-order valence-electron chi connectivity index (χ0n) is 8.01. The highest BCUT2D eigenvalue weighted by Crippen LogP contribution is 2.19. The fourth-order valence-electron chi connectivity index (χ4n) is 1.83. The maximum absolute atomic E-state index is 10.4. The van der Waals surface area contributed by atoms with E-state index in [2.05, 4.69) is 10.6 Å². The number of nitrogens with one attached hydrogen (secondary N) is 2. The molecule has 0 spiro atoms. The van der Waals surface area contributed by atoms with Gasteiger partial charge in [0, 0.05) is 0 Å². The molecule has 7 nitrogen and oxygen atoms in total. The molecule has 1 saturated carbocycles. The number of rotatable bonds is 2. The van der Waals surface area contributed by atoms with Gasteiger partial charge in [0.25, 0.3) is 0 Å². The van der Waals surface area contributed by atoms with E-state index in [1.807, 2.05) is 0 Å². The van der Waals surface area contributed by atoms with Crippen molar-refractivity contribution in [1.29, 1.82) is 0 Å². The maximum Gasteiger partial charge on any atom is 0.405 e. The Bertz CT molecular complexity index is 257. The summed E-state index contributed by atoms with van der Waals surface area (Å²) in [7, 11) is 0. The molecule has 0 aromatic rings. The van der Waals surface area contributed by atoms with E-state index in [4.69, 9.17) is 10.2 Å². The summed E-state index contributed by atoms with van der Waals surface area (Å²) in [4.78, 5) is 20.9. The SMILES string of the molecule is O=C(O)N[C@@H]1[C@H](O)CCC[C@@H]1NC(=O)O. The predicted octanol–water partition coefficient (Wildman–Crippen LogP) is -0.196. The smallest absolute Gasteiger partial charge is 0.405 e. The Morgan fingerprint density at radius 2 is 1.67 bits per heavy atom. The molecule has 1 aliphatic rings. The summed E-state index contributed by atoms with van der Waals surface area (Å²) in [6, 6.07) is -1.34. The Labute approximate surface area is 86.1 Å². The van der Waals surface area contributed by atoms with Crippen LogP contribution in [0.5, 0.6) is 0 Å². The molecule has 0 saturated heterocycles. The van der Waals surface area contributed by atoms with Gasteiger partial charge in [-0.05, 0) is 19.3 Å². The molecule has 0 unspecified atom stereocenters. The monoisotopic (exact) mass is 218 g/mol. The van der Waals surface area contributed by atoms with Crippen molar-refractivity contribution in [2.75, 3.05) is 0 Å². The molecule has 15 heavy (non-hydrogen) atoms. The molecule has 0 aliphatic heterocycles. The van der Waals surface area contributed by atoms with E-state index in [-0.39, 0.29) is 0 Å². The molecule has 3 atom stereocenters. The van der Waals surface area contributed by atoms with Gasteiger partial charge >= 0.3 is 12.2 Å². The zero-order valence-corrected chi connectivity index (χ0v) is 8.01. The average Bonchev–Trinajstić information content (AvgIpc) is 2.09. The van der Waals surface area contributed by atoms with Gasteiger partial charge in [-0.1, -0.05) is 0 Å². The Balaban J connectivity index is 2.63. The number of carboxylic acid groups (broad SMARTS) is 2. The highest BCUT2D eigenvalue weighted by atomic mass is 16.4. The first-order valence-corrected chi connectivity index (χ1v) is 4.67. The Morgan fingerprint density at radius 1 is 1.07 bits per heavy atom. The lowest BCUT2D eigenvalue weighted by Gasteiger charge is -2.34. The molecular weight excluding hydrogens is 204 g/mol. The lowest BCUT2D eigenvalue weighted by molar-refractivity contribution is 0.0685. The Hall–Kier alpha value is -1.50. The molecule has 1 aliphatic carbocycles. The molecule has 0 radical (unpaired) electrons. The second kappa shape index (κ2) is 4.83. The highest BCUT2D eigenvalue weighted by Gasteiger charge is 2.34. The number of aliphatic hydroxyl groups is 1. The van der Waals surface area contributed by atoms with E-state index >= 15 is 0 Å². The van der Waals surface area contributed by atoms with Crippen LogP contribution in [0.15, 0.2) is 0 Å². The molecule has 0 heterocycles. The van der Waals surface area contributed by atoms with Gasteiger partial charge < -0.3 is 26.0 Å². The second-order valence-electron chi connectivity index (χ2n) is 3.53. The molecule has 0 bridgehead atoms. The van der Waals surface area contributed by atoms with Gasteiger partial charge in [-0.15, -0.1) is 0 Å². The van der Waals surface area contributed by atoms with Crippen molar-refractivity contribution in [2.45, 2.75) is 37.5 Å². The van der Waals surface area contributed by atoms with E-state index in [1.165, 1.54) is 0 Å². The first kappa shape index (κ1) is 11.6. The highest BCUT2D eigenvalue weighted by molar-refractivity contribution is 5.67. The molecule has 0 aromatic carbocycles. The zero-order chi connectivity index (χ0) is 11.4. The van der Waals surface area contributed by atoms with Crippen molar-refractivity contribution >= 4 is 12.2 Å². The molecule has 1 fully saturated rings. The predicted molar refractivity (Wildman–Crippen MR) is 49.8 cm³/mol. The van der Waals surface area contributed by atoms with Crippen molar-refractivity contribution in [1.82, 2.24) is 10.6 Å². The Kier molecular flexibility index (Phi) is 3.73. The van der Waals surface area contributed by atoms with Crippen molar-refractivity contribution in [2.24, 2.45) is 0 Å². The van der Waals surface area contributed by atoms with Crippen LogP contribution in [0, 0.1) is 0 Å². The maximum atomic E-state index is 10.4. The van der Waals surface area contributed by atoms with E-state index < -0.39 is 30.4 Å². The van der Waals surface area contributed by atoms with Crippen LogP contribution >= 0.6 is 0 Å². The molecule has 1 rings (SSSR count). The van der Waals surface area contributed by atoms with Gasteiger partial charge in [0.05, 0.1) is 18.2 Å². The van der Waals surface area contributed by atoms with Gasteiger partial charge in [-0.3, -0.25) is 0 Å². The Morgan fingerprint density at radius 3 is 2.20 bits per heavy atom. The van der Waals surface area contributed by atoms with Gasteiger partial charge in [0.1, 0.15) is 0 Å². The van der Waals surface area contributed by atoms with Gasteiger partial charge in [-0.2, -0.15) is 0 Å². The lowest BCUT2D eigenvalue weighted by Crippen LogP contribution is -2.58. The quantitative estimate of drug-likeness (QED) is 0.440. The third-order valence-corrected chi connectivity index (χ3v) is 2.46. The number of hydrogen-bond donors (Lipinski definition) is 5. The van der Waals surface area contributed by atoms with E-state index in [9.17, 15) is 14.7 Å². The minimum Gasteiger partial charge on any atom is -0.465 e. The minimum absolute atomic E-state index is 0.475. The molecule has 7 heteroatoms. The lowest BCUT2D eigenvalue weighted by atomic mass is 9.88. The van der Waals surface area contributed by atoms with E-state index in [0.29, 0.717) is 19.3 Å². The number of amides is 2. The summed E-state index contributed by atoms with van der Waals surface area (Å²) >= 11 is 0. The minimum atomic E-state index is -1.27. The fourth-order valence-corrected chi connectivity index (χ4v) is 1.83. The van der Waals surface area contributed by atoms with Crippen molar-refractivity contribution in [3.05, 3.63) is 0 Å². The van der Waals surface area contributed by atoms with Crippen molar-refractivity contribution < 1.29 is 24.9 Å². The van der Waals surface area contributed by atoms with E-state index in [1.54, 1.807) is 0 Å². The van der Waals surface area contributed by atoms with E-state index in [0.717, 1.165) is 0 Å². The molecule has 0 aromatic heterocycles. The number of carbonyl (C=O) groups is 2. The van der Waals surface area contributed by atoms with Gasteiger partial charge in [0.2, 0.25) is 0 Å². The van der Waals surface area contributed by atoms with Crippen LogP contribution in [0.1, 0.15) is 19.3 Å². The first-order chi connectivity index (χ1) is 7.00. The van der Waals surface area contributed by atoms with Gasteiger partial charge in [0.15, 0.2) is 0 Å².